The number of methoxy groups -OCH3 is 4. The molecule has 0 N–H and O–H groups in total. The van der Waals surface area contributed by atoms with E-state index in [0.717, 1.165) is 50.2 Å². The number of phosphoric ester groups is 1. The van der Waals surface area contributed by atoms with E-state index < -0.39 is 205 Å². The zero-order valence-electron chi connectivity index (χ0n) is 93.0. The highest BCUT2D eigenvalue weighted by Gasteiger charge is 2.25. The van der Waals surface area contributed by atoms with Crippen molar-refractivity contribution in [3.63, 3.8) is 0 Å². The molecule has 41 nitrogen and oxygen atoms in total. The van der Waals surface area contributed by atoms with E-state index >= 15 is 0 Å². The highest BCUT2D eigenvalue weighted by Crippen LogP contribution is 2.47. The molecule has 0 fully saturated rings. The maximum atomic E-state index is 11.3. The Morgan fingerprint density at radius 1 is 0.329 bits per heavy atom. The topological polar surface area (TPSA) is 512 Å². The lowest BCUT2D eigenvalue weighted by Gasteiger charge is -2.14. The van der Waals surface area contributed by atoms with Crippen molar-refractivity contribution in [2.75, 3.05) is 171 Å². The van der Waals surface area contributed by atoms with Gasteiger partial charge in [-0.2, -0.15) is 42.1 Å². The van der Waals surface area contributed by atoms with Crippen LogP contribution < -0.4 is 0 Å². The van der Waals surface area contributed by atoms with Crippen LogP contribution in [0.4, 0.5) is 19.2 Å². The summed E-state index contributed by atoms with van der Waals surface area (Å²) in [4.78, 5) is 42.1. The number of unbranched alkanes of at least 4 members (excludes halogenated alkanes) is 2. The fraction of sp³-hybridized carbons (Fsp3) is 0.671. The fourth-order valence-electron chi connectivity index (χ4n) is 6.67. The van der Waals surface area contributed by atoms with E-state index in [1.54, 1.807) is 62.6 Å². The molecule has 0 aromatic heterocycles. The van der Waals surface area contributed by atoms with Gasteiger partial charge in [0.25, 0.3) is 0 Å². The van der Waals surface area contributed by atoms with Crippen LogP contribution >= 0.6 is 22.8 Å². The van der Waals surface area contributed by atoms with Crippen molar-refractivity contribution in [3.05, 3.63) is 148 Å². The summed E-state index contributed by atoms with van der Waals surface area (Å²) in [5, 5.41) is 0. The van der Waals surface area contributed by atoms with E-state index in [1.807, 2.05) is 108 Å². The molecule has 0 aliphatic rings. The van der Waals surface area contributed by atoms with E-state index in [9.17, 15) is 75.0 Å². The summed E-state index contributed by atoms with van der Waals surface area (Å²) in [6, 6.07) is 4.35. The van der Waals surface area contributed by atoms with Gasteiger partial charge in [-0.1, -0.05) is 156 Å². The van der Waals surface area contributed by atoms with Crippen molar-refractivity contribution in [2.45, 2.75) is 196 Å². The first-order valence-electron chi connectivity index (χ1n) is 47.0. The summed E-state index contributed by atoms with van der Waals surface area (Å²) < 4.78 is 255. The van der Waals surface area contributed by atoms with Crippen molar-refractivity contribution in [3.8, 4) is 0 Å². The molecule has 13 unspecified atom stereocenters. The fourth-order valence-corrected chi connectivity index (χ4v) is 29.2. The van der Waals surface area contributed by atoms with Gasteiger partial charge in [0.05, 0.1) is 220 Å². The molecule has 13 atom stereocenters. The molecule has 146 heavy (non-hydrogen) atoms. The molecule has 0 amide bonds. The van der Waals surface area contributed by atoms with Crippen LogP contribution in [0.25, 0.3) is 0 Å². The number of carbonyl (C=O) groups excluding carboxylic acids is 4. The monoisotopic (exact) mass is 2450 g/mol. The maximum absolute atomic E-state index is 11.3. The van der Waals surface area contributed by atoms with Crippen LogP contribution in [0.1, 0.15) is 93.9 Å². The second-order valence-electron chi connectivity index (χ2n) is 32.7. The molecular formula is C85H189O41P3S5Si12. The van der Waals surface area contributed by atoms with E-state index in [4.69, 9.17) is 32.5 Å². The lowest BCUT2D eigenvalue weighted by molar-refractivity contribution is 0.0847. The zero-order valence-corrected chi connectivity index (χ0v) is 114. The number of phosphoric acid groups is 1. The predicted octanol–water partition coefficient (Wildman–Crippen LogP) is 15.5. The third-order valence-electron chi connectivity index (χ3n) is 16.3. The second kappa shape index (κ2) is 108. The third kappa shape index (κ3) is 140. The van der Waals surface area contributed by atoms with Gasteiger partial charge in [0.2, 0.25) is 0 Å². The molecule has 0 bridgehead atoms. The van der Waals surface area contributed by atoms with Gasteiger partial charge in [0.1, 0.15) is 8.80 Å². The lowest BCUT2D eigenvalue weighted by Crippen LogP contribution is -2.21. The Balaban J connectivity index is -0.000000134. The van der Waals surface area contributed by atoms with Gasteiger partial charge in [-0.3, -0.25) is 43.6 Å². The average molecular weight is 2460 g/mol. The smallest absolute Gasteiger partial charge is 0.438 e. The molecule has 0 aromatic rings. The first-order valence-corrected chi connectivity index (χ1v) is 91.4. The molecule has 0 aromatic carbocycles. The standard InChI is InChI=1S/C9H18O3Si.2C8H18O4SSi.C8H16O3Si.2C7H16O4SSi.2C7H14O3Si.C6H15O4PSi.C6H14O4SSi.C6H15O3PSi.C6H15O2PSi/c1-4-5-6-7-13(3)8-12-9(10)11-2;1-5-14(4)7-12-13(9,10)11-6-8(2)3;1-4-6-7-11-13(9,10)12-8-14(3)5-2;1-4-5-6-12(3)7-11-8(9)10-2;1-5-13(4)6-10-12(8,9)11-7(2)3;1-4-6-10-12(8,9)11-7-13(3)5-2;1-4-5-11(3)6-10-7(8)9-2;1-4-11(5-2)6-10-7(8)9-3;1-5-12(4)6-10-11(7,8-2)9-3;1-4-9-11(7,8)10-6-12(3)5-2;1-5-11(4)6-9-10(3,7)8-2;1-5-10(4)6-8-9(2,3)7/h4,13H,1,5-8H2,2-3H3;5,8,14H,1,6-7H2,2-4H3;5,14H,2,4,6-8H2,1,3H3;4,12H,1,5-7H2,2-3H3;5,7,13H,1,6H2,2-4H3;5,13H,2,4,6-7H2,1,3H3;2*4,11H,1,5-6H2,2-3H3;5,12H,1,6H2,2-4H3;5,12H,2,4,6H2,1,3H3;5,11H,1,6H2,2-4H3;5,10H,1,6H2,2-4H3. The molecule has 0 saturated heterocycles. The largest absolute Gasteiger partial charge is 0.507 e. The van der Waals surface area contributed by atoms with E-state index in [2.05, 4.69) is 193 Å². The number of hydrogen-bond acceptors (Lipinski definition) is 41. The molecular weight excluding hydrogens is 2270 g/mol. The van der Waals surface area contributed by atoms with Crippen molar-refractivity contribution >= 4 is 205 Å². The molecule has 0 saturated carbocycles. The minimum Gasteiger partial charge on any atom is -0.438 e. The molecule has 868 valence electrons. The van der Waals surface area contributed by atoms with Crippen molar-refractivity contribution < 1.29 is 182 Å². The minimum absolute atomic E-state index is 0.104. The Bertz CT molecular complexity index is 4130. The van der Waals surface area contributed by atoms with Crippen LogP contribution in [-0.2, 0) is 173 Å². The van der Waals surface area contributed by atoms with E-state index in [-0.39, 0.29) is 69.6 Å². The third-order valence-corrected chi connectivity index (χ3v) is 46.7. The number of hydrogen-bond donors (Lipinski definition) is 0. The molecule has 0 radical (unpaired) electrons. The summed E-state index contributed by atoms with van der Waals surface area (Å²) >= 11 is 0. The SMILES string of the molecule is C=CCCC[SiH](C)COC(=O)OC.C=CCC[SiH](C)COC(=O)OC.C=CC[SiH](C)COC(=O)OC.C=C[SiH](C)COP(=O)(OC)OC.C=C[SiH](C)COP(C)(=O)OC.C=C[SiH](C)COP(C)(C)=O.C=C[SiH](C)COS(=O)(=O)OC(C)C.C=C[SiH](C)COS(=O)(=O)OCC.C=C[SiH](C)COS(=O)(=O)OCC(C)C.C=C[SiH](C)COS(=O)(=O)OCCC.C=C[SiH](C)COS(=O)(=O)OCCCC.C=C[SiH](CC)COC(=O)OC. The Morgan fingerprint density at radius 2 is 0.644 bits per heavy atom. The van der Waals surface area contributed by atoms with Gasteiger partial charge in [-0.15, -0.1) is 130 Å². The number of allylic oxidation sites excluding steroid dienone is 3. The zero-order chi connectivity index (χ0) is 116. The quantitative estimate of drug-likeness (QED) is 0.0136. The highest BCUT2D eigenvalue weighted by atomic mass is 32.3. The average Bonchev–Trinajstić information content (AvgIpc) is 0.934. The summed E-state index contributed by atoms with van der Waals surface area (Å²) in [6.45, 7) is 85.6. The summed E-state index contributed by atoms with van der Waals surface area (Å²) in [5.41, 5.74) is 16.4. The summed E-state index contributed by atoms with van der Waals surface area (Å²) in [5.74, 6) is 0.169. The van der Waals surface area contributed by atoms with Crippen LogP contribution in [0.3, 0.4) is 0 Å². The first kappa shape index (κ1) is 167. The molecule has 61 heteroatoms. The van der Waals surface area contributed by atoms with Crippen LogP contribution in [0.15, 0.2) is 148 Å². The molecule has 0 aliphatic carbocycles. The van der Waals surface area contributed by atoms with Gasteiger partial charge in [-0.05, 0) is 58.4 Å². The van der Waals surface area contributed by atoms with Crippen LogP contribution in [0.5, 0.6) is 0 Å². The summed E-state index contributed by atoms with van der Waals surface area (Å²) in [7, 11) is -30.8. The van der Waals surface area contributed by atoms with E-state index in [1.165, 1.54) is 62.5 Å². The minimum atomic E-state index is -3.80. The van der Waals surface area contributed by atoms with Gasteiger partial charge >= 0.3 is 92.0 Å². The highest BCUT2D eigenvalue weighted by molar-refractivity contribution is 7.83. The van der Waals surface area contributed by atoms with Crippen molar-refractivity contribution in [1.82, 2.24) is 0 Å². The van der Waals surface area contributed by atoms with Crippen LogP contribution in [0.2, 0.25) is 96.2 Å². The van der Waals surface area contributed by atoms with Gasteiger partial charge in [0.15, 0.2) is 7.37 Å². The van der Waals surface area contributed by atoms with Crippen molar-refractivity contribution in [2.24, 2.45) is 5.92 Å². The predicted molar refractivity (Wildman–Crippen MR) is 624 cm³/mol. The molecule has 0 rings (SSSR count). The van der Waals surface area contributed by atoms with E-state index in [0.29, 0.717) is 50.0 Å². The molecule has 0 spiro atoms. The number of ether oxygens (including phenoxy) is 8. The van der Waals surface area contributed by atoms with Crippen LogP contribution in [-0.4, -0.2) is 349 Å². The Kier molecular flexibility index (Phi) is 124. The normalized spacial score (nSPS) is 13.8. The Hall–Kier alpha value is -3.64. The van der Waals surface area contributed by atoms with Gasteiger partial charge in [-0.25, -0.2) is 44.7 Å². The number of carbonyl (C=O) groups is 4. The van der Waals surface area contributed by atoms with Crippen molar-refractivity contribution in [1.29, 1.82) is 0 Å². The first-order chi connectivity index (χ1) is 67.7. The maximum Gasteiger partial charge on any atom is 0.507 e. The Labute approximate surface area is 901 Å². The second-order valence-corrected chi connectivity index (χ2v) is 80.4. The molecule has 0 aliphatic heterocycles. The number of rotatable bonds is 68. The summed E-state index contributed by atoms with van der Waals surface area (Å²) in [6.07, 6.45) is 13.3. The molecule has 0 heterocycles. The Morgan fingerprint density at radius 3 is 0.932 bits per heavy atom. The van der Waals surface area contributed by atoms with Gasteiger partial charge in [0, 0.05) is 53.8 Å². The lowest BCUT2D eigenvalue weighted by atomic mass is 10.2. The van der Waals surface area contributed by atoms with Gasteiger partial charge < -0.3 is 51.5 Å². The van der Waals surface area contributed by atoms with Crippen LogP contribution in [0, 0.1) is 5.92 Å².